The lowest BCUT2D eigenvalue weighted by Crippen LogP contribution is -1.93. The van der Waals surface area contributed by atoms with Crippen molar-refractivity contribution in [2.45, 2.75) is 0 Å². The van der Waals surface area contributed by atoms with Crippen LogP contribution in [0, 0.1) is 0 Å². The first kappa shape index (κ1) is 13.1. The molecule has 21 heavy (non-hydrogen) atoms. The van der Waals surface area contributed by atoms with Crippen LogP contribution in [-0.2, 0) is 0 Å². The zero-order chi connectivity index (χ0) is 14.5. The highest BCUT2D eigenvalue weighted by molar-refractivity contribution is 5.92. The molecule has 0 saturated carbocycles. The third-order valence-corrected chi connectivity index (χ3v) is 3.05. The van der Waals surface area contributed by atoms with Crippen LogP contribution in [0.4, 0.5) is 5.69 Å². The molecule has 104 valence electrons. The monoisotopic (exact) mass is 278 g/mol. The van der Waals surface area contributed by atoms with Crippen LogP contribution in [0.15, 0.2) is 60.1 Å². The van der Waals surface area contributed by atoms with Gasteiger partial charge in [0.15, 0.2) is 0 Å². The highest BCUT2D eigenvalue weighted by Gasteiger charge is 2.02. The van der Waals surface area contributed by atoms with Gasteiger partial charge in [-0.15, -0.1) is 0 Å². The van der Waals surface area contributed by atoms with Crippen molar-refractivity contribution in [1.82, 2.24) is 9.97 Å². The summed E-state index contributed by atoms with van der Waals surface area (Å²) in [4.78, 5) is 8.30. The van der Waals surface area contributed by atoms with Crippen molar-refractivity contribution in [3.05, 3.63) is 60.6 Å². The number of fused-ring (bicyclic) bond motifs is 1. The topological polar surface area (TPSA) is 59.4 Å². The molecular formula is C16H14N4O. The Morgan fingerprint density at radius 1 is 1.10 bits per heavy atom. The minimum Gasteiger partial charge on any atom is -0.497 e. The first-order valence-electron chi connectivity index (χ1n) is 6.49. The van der Waals surface area contributed by atoms with E-state index in [9.17, 15) is 0 Å². The molecule has 0 aliphatic carbocycles. The largest absolute Gasteiger partial charge is 0.497 e. The van der Waals surface area contributed by atoms with Crippen LogP contribution in [0.5, 0.6) is 5.75 Å². The van der Waals surface area contributed by atoms with E-state index < -0.39 is 0 Å². The average molecular weight is 278 g/mol. The predicted octanol–water partition coefficient (Wildman–Crippen LogP) is 3.08. The molecule has 0 aliphatic rings. The summed E-state index contributed by atoms with van der Waals surface area (Å²) in [6.07, 6.45) is 6.95. The molecule has 0 radical (unpaired) electrons. The number of aromatic nitrogens is 2. The van der Waals surface area contributed by atoms with Crippen molar-refractivity contribution in [3.8, 4) is 5.75 Å². The number of hydrazone groups is 1. The van der Waals surface area contributed by atoms with E-state index in [1.807, 2.05) is 36.4 Å². The van der Waals surface area contributed by atoms with Crippen molar-refractivity contribution in [2.75, 3.05) is 12.5 Å². The number of hydrogen-bond donors (Lipinski definition) is 1. The van der Waals surface area contributed by atoms with Crippen LogP contribution in [0.2, 0.25) is 0 Å². The van der Waals surface area contributed by atoms with Gasteiger partial charge in [-0.1, -0.05) is 0 Å². The van der Waals surface area contributed by atoms with E-state index >= 15 is 0 Å². The number of hydrogen-bond acceptors (Lipinski definition) is 5. The van der Waals surface area contributed by atoms with Crippen LogP contribution in [-0.4, -0.2) is 23.3 Å². The molecule has 0 unspecified atom stereocenters. The lowest BCUT2D eigenvalue weighted by molar-refractivity contribution is 0.415. The second kappa shape index (κ2) is 6.00. The molecule has 2 aromatic heterocycles. The molecule has 0 amide bonds. The molecule has 0 bridgehead atoms. The summed E-state index contributed by atoms with van der Waals surface area (Å²) < 4.78 is 5.25. The maximum atomic E-state index is 5.25. The second-order valence-electron chi connectivity index (χ2n) is 4.39. The molecule has 2 heterocycles. The summed E-state index contributed by atoms with van der Waals surface area (Å²) in [5, 5.41) is 5.21. The van der Waals surface area contributed by atoms with Crippen molar-refractivity contribution < 1.29 is 4.74 Å². The Hall–Kier alpha value is -2.95. The Labute approximate surface area is 122 Å². The van der Waals surface area contributed by atoms with Gasteiger partial charge in [0.1, 0.15) is 5.75 Å². The van der Waals surface area contributed by atoms with Gasteiger partial charge in [-0.05, 0) is 42.0 Å². The molecule has 1 N–H and O–H groups in total. The molecule has 3 aromatic rings. The van der Waals surface area contributed by atoms with E-state index in [4.69, 9.17) is 4.74 Å². The Kier molecular flexibility index (Phi) is 3.73. The molecular weight excluding hydrogens is 264 g/mol. The van der Waals surface area contributed by atoms with E-state index in [1.54, 1.807) is 31.9 Å². The Bertz CT molecular complexity index is 772. The van der Waals surface area contributed by atoms with E-state index in [-0.39, 0.29) is 0 Å². The number of ether oxygens (including phenoxy) is 1. The van der Waals surface area contributed by atoms with Gasteiger partial charge in [-0.2, -0.15) is 5.10 Å². The summed E-state index contributed by atoms with van der Waals surface area (Å²) in [6, 6.07) is 11.4. The van der Waals surface area contributed by atoms with E-state index in [0.717, 1.165) is 27.9 Å². The number of nitrogens with zero attached hydrogens (tertiary/aromatic N) is 3. The van der Waals surface area contributed by atoms with Gasteiger partial charge in [0, 0.05) is 24.0 Å². The van der Waals surface area contributed by atoms with Gasteiger partial charge in [-0.25, -0.2) is 0 Å². The third-order valence-electron chi connectivity index (χ3n) is 3.05. The second-order valence-corrected chi connectivity index (χ2v) is 4.39. The highest BCUT2D eigenvalue weighted by atomic mass is 16.5. The number of pyridine rings is 2. The fraction of sp³-hybridized carbons (Fsp3) is 0.0625. The molecule has 5 nitrogen and oxygen atoms in total. The van der Waals surface area contributed by atoms with Crippen LogP contribution < -0.4 is 10.2 Å². The zero-order valence-corrected chi connectivity index (χ0v) is 11.5. The number of nitrogens with one attached hydrogen (secondary N) is 1. The fourth-order valence-electron chi connectivity index (χ4n) is 1.98. The molecule has 0 saturated heterocycles. The highest BCUT2D eigenvalue weighted by Crippen LogP contribution is 2.25. The van der Waals surface area contributed by atoms with Gasteiger partial charge >= 0.3 is 0 Å². The van der Waals surface area contributed by atoms with Crippen LogP contribution in [0.3, 0.4) is 0 Å². The molecule has 3 rings (SSSR count). The predicted molar refractivity (Wildman–Crippen MR) is 83.7 cm³/mol. The summed E-state index contributed by atoms with van der Waals surface area (Å²) in [6.45, 7) is 0. The number of benzene rings is 1. The van der Waals surface area contributed by atoms with Gasteiger partial charge in [0.2, 0.25) is 0 Å². The molecule has 0 aliphatic heterocycles. The number of anilines is 1. The van der Waals surface area contributed by atoms with E-state index in [0.29, 0.717) is 0 Å². The minimum absolute atomic E-state index is 0.789. The molecule has 0 fully saturated rings. The quantitative estimate of drug-likeness (QED) is 0.588. The van der Waals surface area contributed by atoms with Crippen molar-refractivity contribution >= 4 is 22.8 Å². The molecule has 0 atom stereocenters. The average Bonchev–Trinajstić information content (AvgIpc) is 2.55. The summed E-state index contributed by atoms with van der Waals surface area (Å²) in [5.74, 6) is 0.789. The van der Waals surface area contributed by atoms with Crippen LogP contribution in [0.1, 0.15) is 5.56 Å². The third kappa shape index (κ3) is 2.97. The van der Waals surface area contributed by atoms with Crippen molar-refractivity contribution in [1.29, 1.82) is 0 Å². The lowest BCUT2D eigenvalue weighted by atomic mass is 10.2. The standard InChI is InChI=1S/C16H14N4O/c1-21-13-2-3-15-14(10-13)16(6-9-18-15)20-19-11-12-4-7-17-8-5-12/h2-11H,1H3,(H,18,20)/b19-11+. The Balaban J connectivity index is 1.88. The normalized spacial score (nSPS) is 10.9. The van der Waals surface area contributed by atoms with Gasteiger partial charge in [0.25, 0.3) is 0 Å². The number of methoxy groups -OCH3 is 1. The number of rotatable bonds is 4. The van der Waals surface area contributed by atoms with Gasteiger partial charge in [-0.3, -0.25) is 15.4 Å². The molecule has 5 heteroatoms. The smallest absolute Gasteiger partial charge is 0.119 e. The maximum Gasteiger partial charge on any atom is 0.119 e. The first-order valence-corrected chi connectivity index (χ1v) is 6.49. The van der Waals surface area contributed by atoms with Crippen LogP contribution in [0.25, 0.3) is 10.9 Å². The van der Waals surface area contributed by atoms with Crippen LogP contribution >= 0.6 is 0 Å². The van der Waals surface area contributed by atoms with E-state index in [2.05, 4.69) is 20.5 Å². The summed E-state index contributed by atoms with van der Waals surface area (Å²) in [7, 11) is 1.65. The molecule has 1 aromatic carbocycles. The van der Waals surface area contributed by atoms with Crippen molar-refractivity contribution in [3.63, 3.8) is 0 Å². The SMILES string of the molecule is COc1ccc2nccc(N/N=C/c3ccncc3)c2c1. The first-order chi connectivity index (χ1) is 10.4. The van der Waals surface area contributed by atoms with Gasteiger partial charge in [0.05, 0.1) is 24.5 Å². The van der Waals surface area contributed by atoms with E-state index in [1.165, 1.54) is 0 Å². The Morgan fingerprint density at radius 2 is 1.95 bits per heavy atom. The fourth-order valence-corrected chi connectivity index (χ4v) is 1.98. The lowest BCUT2D eigenvalue weighted by Gasteiger charge is -2.07. The van der Waals surface area contributed by atoms with Gasteiger partial charge < -0.3 is 4.74 Å². The maximum absolute atomic E-state index is 5.25. The summed E-state index contributed by atoms with van der Waals surface area (Å²) >= 11 is 0. The minimum atomic E-state index is 0.789. The summed E-state index contributed by atoms with van der Waals surface area (Å²) in [5.41, 5.74) is 5.79. The van der Waals surface area contributed by atoms with Crippen molar-refractivity contribution in [2.24, 2.45) is 5.10 Å². The molecule has 0 spiro atoms. The Morgan fingerprint density at radius 3 is 2.76 bits per heavy atom. The zero-order valence-electron chi connectivity index (χ0n) is 11.5.